The van der Waals surface area contributed by atoms with Gasteiger partial charge in [0.1, 0.15) is 5.82 Å². The van der Waals surface area contributed by atoms with E-state index < -0.39 is 0 Å². The monoisotopic (exact) mass is 309 g/mol. The molecule has 0 fully saturated rings. The van der Waals surface area contributed by atoms with Gasteiger partial charge in [-0.15, -0.1) is 0 Å². The van der Waals surface area contributed by atoms with Gasteiger partial charge in [-0.25, -0.2) is 4.39 Å². The van der Waals surface area contributed by atoms with Crippen LogP contribution >= 0.6 is 0 Å². The third kappa shape index (κ3) is 3.83. The second kappa shape index (κ2) is 6.44. The van der Waals surface area contributed by atoms with E-state index in [0.29, 0.717) is 17.9 Å². The third-order valence-electron chi connectivity index (χ3n) is 3.45. The van der Waals surface area contributed by atoms with Crippen molar-refractivity contribution in [1.29, 1.82) is 0 Å². The Morgan fingerprint density at radius 2 is 1.78 bits per heavy atom. The maximum absolute atomic E-state index is 12.9. The molecule has 0 aliphatic rings. The molecule has 116 valence electrons. The van der Waals surface area contributed by atoms with Crippen LogP contribution in [0.15, 0.2) is 60.8 Å². The molecule has 0 atom stereocenters. The minimum atomic E-state index is -0.371. The van der Waals surface area contributed by atoms with Crippen molar-refractivity contribution in [1.82, 2.24) is 9.78 Å². The zero-order chi connectivity index (χ0) is 16.2. The van der Waals surface area contributed by atoms with Crippen LogP contribution in [0, 0.1) is 12.7 Å². The third-order valence-corrected chi connectivity index (χ3v) is 3.45. The molecule has 1 aromatic heterocycles. The van der Waals surface area contributed by atoms with Gasteiger partial charge in [0.25, 0.3) is 5.91 Å². The van der Waals surface area contributed by atoms with Crippen LogP contribution in [-0.2, 0) is 6.54 Å². The first-order chi connectivity index (χ1) is 11.1. The molecule has 0 aliphatic heterocycles. The lowest BCUT2D eigenvalue weighted by Crippen LogP contribution is -2.12. The Morgan fingerprint density at radius 1 is 1.09 bits per heavy atom. The standard InChI is InChI=1S/C18H16FN3O/c1-13-2-4-14(5-3-13)12-22-11-10-17(21-22)20-18(23)15-6-8-16(19)9-7-15/h2-11H,12H2,1H3,(H,20,21,23). The van der Waals surface area contributed by atoms with Crippen molar-refractivity contribution < 1.29 is 9.18 Å². The fraction of sp³-hybridized carbons (Fsp3) is 0.111. The van der Waals surface area contributed by atoms with Gasteiger partial charge in [0.05, 0.1) is 6.54 Å². The smallest absolute Gasteiger partial charge is 0.256 e. The second-order valence-corrected chi connectivity index (χ2v) is 5.35. The predicted molar refractivity (Wildman–Crippen MR) is 86.9 cm³/mol. The summed E-state index contributed by atoms with van der Waals surface area (Å²) in [7, 11) is 0. The molecule has 0 aliphatic carbocycles. The summed E-state index contributed by atoms with van der Waals surface area (Å²) in [6.07, 6.45) is 1.81. The molecule has 0 bridgehead atoms. The van der Waals surface area contributed by atoms with Crippen molar-refractivity contribution in [2.24, 2.45) is 0 Å². The largest absolute Gasteiger partial charge is 0.305 e. The predicted octanol–water partition coefficient (Wildman–Crippen LogP) is 3.63. The molecule has 1 heterocycles. The van der Waals surface area contributed by atoms with E-state index in [1.165, 1.54) is 29.8 Å². The average molecular weight is 309 g/mol. The number of nitrogens with zero attached hydrogens (tertiary/aromatic N) is 2. The van der Waals surface area contributed by atoms with Crippen molar-refractivity contribution in [2.45, 2.75) is 13.5 Å². The summed E-state index contributed by atoms with van der Waals surface area (Å²) < 4.78 is 14.6. The van der Waals surface area contributed by atoms with Crippen LogP contribution in [0.5, 0.6) is 0 Å². The highest BCUT2D eigenvalue weighted by atomic mass is 19.1. The highest BCUT2D eigenvalue weighted by molar-refractivity contribution is 6.03. The van der Waals surface area contributed by atoms with Crippen molar-refractivity contribution >= 4 is 11.7 Å². The summed E-state index contributed by atoms with van der Waals surface area (Å²) in [5.41, 5.74) is 2.73. The van der Waals surface area contributed by atoms with Crippen molar-refractivity contribution in [3.63, 3.8) is 0 Å². The van der Waals surface area contributed by atoms with Gasteiger partial charge in [-0.1, -0.05) is 29.8 Å². The number of aromatic nitrogens is 2. The summed E-state index contributed by atoms with van der Waals surface area (Å²) in [6, 6.07) is 15.3. The van der Waals surface area contributed by atoms with E-state index in [-0.39, 0.29) is 11.7 Å². The number of halogens is 1. The number of aryl methyl sites for hydroxylation is 1. The first-order valence-corrected chi connectivity index (χ1v) is 7.26. The quantitative estimate of drug-likeness (QED) is 0.800. The lowest BCUT2D eigenvalue weighted by molar-refractivity contribution is 0.102. The molecule has 3 aromatic rings. The molecule has 0 spiro atoms. The summed E-state index contributed by atoms with van der Waals surface area (Å²) in [5, 5.41) is 7.02. The van der Waals surface area contributed by atoms with Crippen LogP contribution in [0.25, 0.3) is 0 Å². The van der Waals surface area contributed by atoms with E-state index >= 15 is 0 Å². The maximum atomic E-state index is 12.9. The van der Waals surface area contributed by atoms with Crippen LogP contribution in [0.1, 0.15) is 21.5 Å². The van der Waals surface area contributed by atoms with Gasteiger partial charge in [-0.2, -0.15) is 5.10 Å². The summed E-state index contributed by atoms with van der Waals surface area (Å²) >= 11 is 0. The van der Waals surface area contributed by atoms with E-state index in [1.54, 1.807) is 16.9 Å². The number of amides is 1. The maximum Gasteiger partial charge on any atom is 0.256 e. The highest BCUT2D eigenvalue weighted by Gasteiger charge is 2.08. The molecule has 0 radical (unpaired) electrons. The summed E-state index contributed by atoms with van der Waals surface area (Å²) in [5.74, 6) is -0.221. The van der Waals surface area contributed by atoms with Gasteiger partial charge < -0.3 is 5.32 Å². The molecule has 0 unspecified atom stereocenters. The van der Waals surface area contributed by atoms with E-state index in [9.17, 15) is 9.18 Å². The molecule has 3 rings (SSSR count). The van der Waals surface area contributed by atoms with Crippen LogP contribution in [-0.4, -0.2) is 15.7 Å². The van der Waals surface area contributed by atoms with Crippen molar-refractivity contribution in [3.8, 4) is 0 Å². The summed E-state index contributed by atoms with van der Waals surface area (Å²) in [4.78, 5) is 12.0. The molecule has 23 heavy (non-hydrogen) atoms. The molecule has 1 N–H and O–H groups in total. The number of nitrogens with one attached hydrogen (secondary N) is 1. The SMILES string of the molecule is Cc1ccc(Cn2ccc(NC(=O)c3ccc(F)cc3)n2)cc1. The van der Waals surface area contributed by atoms with Gasteiger partial charge in [0.2, 0.25) is 0 Å². The van der Waals surface area contributed by atoms with Gasteiger partial charge in [-0.05, 0) is 36.8 Å². The van der Waals surface area contributed by atoms with Crippen molar-refractivity contribution in [3.05, 3.63) is 83.3 Å². The lowest BCUT2D eigenvalue weighted by Gasteiger charge is -2.04. The first-order valence-electron chi connectivity index (χ1n) is 7.26. The van der Waals surface area contributed by atoms with Gasteiger partial charge in [-0.3, -0.25) is 9.48 Å². The Kier molecular flexibility index (Phi) is 4.19. The minimum absolute atomic E-state index is 0.314. The van der Waals surface area contributed by atoms with E-state index in [2.05, 4.69) is 22.5 Å². The Balaban J connectivity index is 1.66. The van der Waals surface area contributed by atoms with Gasteiger partial charge >= 0.3 is 0 Å². The number of anilines is 1. The Hall–Kier alpha value is -2.95. The van der Waals surface area contributed by atoms with E-state index in [0.717, 1.165) is 5.56 Å². The van der Waals surface area contributed by atoms with Crippen LogP contribution in [0.2, 0.25) is 0 Å². The lowest BCUT2D eigenvalue weighted by atomic mass is 10.1. The van der Waals surface area contributed by atoms with E-state index in [4.69, 9.17) is 0 Å². The number of rotatable bonds is 4. The molecule has 2 aromatic carbocycles. The van der Waals surface area contributed by atoms with Gasteiger partial charge in [0.15, 0.2) is 5.82 Å². The molecule has 0 saturated heterocycles. The number of carbonyl (C=O) groups excluding carboxylic acids is 1. The van der Waals surface area contributed by atoms with Crippen LogP contribution < -0.4 is 5.32 Å². The van der Waals surface area contributed by atoms with Crippen LogP contribution in [0.3, 0.4) is 0 Å². The molecule has 5 heteroatoms. The first kappa shape index (κ1) is 15.0. The number of carbonyl (C=O) groups is 1. The Morgan fingerprint density at radius 3 is 2.48 bits per heavy atom. The fourth-order valence-corrected chi connectivity index (χ4v) is 2.19. The zero-order valence-corrected chi connectivity index (χ0v) is 12.7. The molecular formula is C18H16FN3O. The van der Waals surface area contributed by atoms with Gasteiger partial charge in [0, 0.05) is 17.8 Å². The molecule has 4 nitrogen and oxygen atoms in total. The highest BCUT2D eigenvalue weighted by Crippen LogP contribution is 2.10. The average Bonchev–Trinajstić information content (AvgIpc) is 2.97. The fourth-order valence-electron chi connectivity index (χ4n) is 2.19. The minimum Gasteiger partial charge on any atom is -0.305 e. The molecule has 1 amide bonds. The summed E-state index contributed by atoms with van der Waals surface area (Å²) in [6.45, 7) is 2.67. The van der Waals surface area contributed by atoms with Crippen molar-refractivity contribution in [2.75, 3.05) is 5.32 Å². The zero-order valence-electron chi connectivity index (χ0n) is 12.7. The number of hydrogen-bond acceptors (Lipinski definition) is 2. The number of hydrogen-bond donors (Lipinski definition) is 1. The molecular weight excluding hydrogens is 293 g/mol. The second-order valence-electron chi connectivity index (χ2n) is 5.35. The van der Waals surface area contributed by atoms with Crippen LogP contribution in [0.4, 0.5) is 10.2 Å². The topological polar surface area (TPSA) is 46.9 Å². The number of benzene rings is 2. The normalized spacial score (nSPS) is 10.5. The van der Waals surface area contributed by atoms with E-state index in [1.807, 2.05) is 19.1 Å². The molecule has 0 saturated carbocycles. The Bertz CT molecular complexity index is 807. The Labute approximate surface area is 133 Å².